The zero-order valence-corrected chi connectivity index (χ0v) is 13.4. The first-order chi connectivity index (χ1) is 11.8. The van der Waals surface area contributed by atoms with Gasteiger partial charge in [-0.15, -0.1) is 11.3 Å². The molecule has 2 aromatic carbocycles. The van der Waals surface area contributed by atoms with Crippen molar-refractivity contribution in [2.75, 3.05) is 6.79 Å². The molecule has 0 amide bonds. The molecule has 0 radical (unpaired) electrons. The second-order valence-corrected chi connectivity index (χ2v) is 6.01. The Hall–Kier alpha value is -3.10. The summed E-state index contributed by atoms with van der Waals surface area (Å²) < 4.78 is 10.9. The largest absolute Gasteiger partial charge is 0.454 e. The van der Waals surface area contributed by atoms with Crippen molar-refractivity contribution in [3.8, 4) is 28.8 Å². The Labute approximate surface area is 143 Å². The maximum atomic E-state index is 9.55. The summed E-state index contributed by atoms with van der Waals surface area (Å²) in [6.07, 6.45) is 1.79. The van der Waals surface area contributed by atoms with Crippen LogP contribution in [0.1, 0.15) is 10.6 Å². The maximum absolute atomic E-state index is 9.55. The summed E-state index contributed by atoms with van der Waals surface area (Å²) in [5.41, 5.74) is 3.23. The Morgan fingerprint density at radius 3 is 2.83 bits per heavy atom. The quantitative estimate of drug-likeness (QED) is 0.658. The number of allylic oxidation sites excluding steroid dienone is 1. The summed E-state index contributed by atoms with van der Waals surface area (Å²) in [6.45, 7) is 0.206. The normalized spacial score (nSPS) is 12.9. The summed E-state index contributed by atoms with van der Waals surface area (Å²) >= 11 is 1.46. The zero-order valence-electron chi connectivity index (χ0n) is 12.6. The third-order valence-corrected chi connectivity index (χ3v) is 4.53. The standard InChI is InChI=1S/C19H12N2O2S/c20-10-15(9-14-7-4-8-17-18(14)23-12-22-17)19-21-16(11-24-19)13-5-2-1-3-6-13/h1-9,11H,12H2. The molecule has 24 heavy (non-hydrogen) atoms. The van der Waals surface area contributed by atoms with E-state index in [0.29, 0.717) is 22.1 Å². The van der Waals surface area contributed by atoms with Crippen LogP contribution in [0.5, 0.6) is 11.5 Å². The number of hydrogen-bond donors (Lipinski definition) is 0. The second kappa shape index (κ2) is 6.19. The molecule has 0 fully saturated rings. The van der Waals surface area contributed by atoms with Crippen LogP contribution < -0.4 is 9.47 Å². The van der Waals surface area contributed by atoms with Crippen LogP contribution in [0.15, 0.2) is 53.9 Å². The highest BCUT2D eigenvalue weighted by Crippen LogP contribution is 2.37. The zero-order chi connectivity index (χ0) is 16.4. The minimum Gasteiger partial charge on any atom is -0.454 e. The van der Waals surface area contributed by atoms with Gasteiger partial charge < -0.3 is 9.47 Å². The van der Waals surface area contributed by atoms with E-state index in [1.165, 1.54) is 11.3 Å². The van der Waals surface area contributed by atoms with Crippen molar-refractivity contribution in [1.82, 2.24) is 4.98 Å². The van der Waals surface area contributed by atoms with Crippen LogP contribution in [0.25, 0.3) is 22.9 Å². The van der Waals surface area contributed by atoms with E-state index in [2.05, 4.69) is 11.1 Å². The van der Waals surface area contributed by atoms with Gasteiger partial charge in [-0.25, -0.2) is 4.98 Å². The van der Waals surface area contributed by atoms with Crippen LogP contribution >= 0.6 is 11.3 Å². The molecule has 0 atom stereocenters. The first-order valence-corrected chi connectivity index (χ1v) is 8.25. The van der Waals surface area contributed by atoms with Gasteiger partial charge in [-0.1, -0.05) is 42.5 Å². The molecular weight excluding hydrogens is 320 g/mol. The van der Waals surface area contributed by atoms with Gasteiger partial charge in [-0.2, -0.15) is 5.26 Å². The number of hydrogen-bond acceptors (Lipinski definition) is 5. The van der Waals surface area contributed by atoms with Gasteiger partial charge in [0.15, 0.2) is 11.5 Å². The molecule has 1 aromatic heterocycles. The summed E-state index contributed by atoms with van der Waals surface area (Å²) in [6, 6.07) is 17.8. The molecule has 1 aliphatic rings. The van der Waals surface area contributed by atoms with Crippen molar-refractivity contribution in [1.29, 1.82) is 5.26 Å². The summed E-state index contributed by atoms with van der Waals surface area (Å²) in [5, 5.41) is 12.2. The molecule has 0 N–H and O–H groups in total. The van der Waals surface area contributed by atoms with E-state index >= 15 is 0 Å². The Bertz CT molecular complexity index is 955. The fourth-order valence-corrected chi connectivity index (χ4v) is 3.30. The molecule has 3 aromatic rings. The average molecular weight is 332 g/mol. The van der Waals surface area contributed by atoms with Crippen molar-refractivity contribution < 1.29 is 9.47 Å². The molecule has 0 bridgehead atoms. The van der Waals surface area contributed by atoms with Crippen LogP contribution in [0.2, 0.25) is 0 Å². The van der Waals surface area contributed by atoms with Crippen LogP contribution in [0.3, 0.4) is 0 Å². The minimum atomic E-state index is 0.206. The Morgan fingerprint density at radius 2 is 2.00 bits per heavy atom. The lowest BCUT2D eigenvalue weighted by Crippen LogP contribution is -1.93. The number of rotatable bonds is 3. The average Bonchev–Trinajstić information content (AvgIpc) is 3.30. The topological polar surface area (TPSA) is 55.1 Å². The van der Waals surface area contributed by atoms with Gasteiger partial charge in [0.25, 0.3) is 0 Å². The molecule has 0 unspecified atom stereocenters. The molecule has 116 valence electrons. The molecule has 5 heteroatoms. The molecule has 0 saturated carbocycles. The lowest BCUT2D eigenvalue weighted by Gasteiger charge is -2.01. The highest BCUT2D eigenvalue weighted by Gasteiger charge is 2.17. The first kappa shape index (κ1) is 14.5. The maximum Gasteiger partial charge on any atom is 0.231 e. The van der Waals surface area contributed by atoms with E-state index in [1.54, 1.807) is 6.08 Å². The van der Waals surface area contributed by atoms with E-state index in [1.807, 2.05) is 53.9 Å². The third kappa shape index (κ3) is 2.64. The number of nitriles is 1. The third-order valence-electron chi connectivity index (χ3n) is 3.65. The molecule has 0 aliphatic carbocycles. The molecule has 0 saturated heterocycles. The van der Waals surface area contributed by atoms with Gasteiger partial charge >= 0.3 is 0 Å². The van der Waals surface area contributed by atoms with E-state index < -0.39 is 0 Å². The van der Waals surface area contributed by atoms with Crippen molar-refractivity contribution in [3.05, 3.63) is 64.5 Å². The molecule has 0 spiro atoms. The van der Waals surface area contributed by atoms with Crippen molar-refractivity contribution in [2.24, 2.45) is 0 Å². The number of benzene rings is 2. The fourth-order valence-electron chi connectivity index (χ4n) is 2.50. The molecule has 2 heterocycles. The van der Waals surface area contributed by atoms with E-state index in [9.17, 15) is 5.26 Å². The summed E-state index contributed by atoms with van der Waals surface area (Å²) in [7, 11) is 0. The van der Waals surface area contributed by atoms with Crippen LogP contribution in [0.4, 0.5) is 0 Å². The second-order valence-electron chi connectivity index (χ2n) is 5.15. The van der Waals surface area contributed by atoms with Gasteiger partial charge in [0.1, 0.15) is 11.1 Å². The SMILES string of the molecule is N#CC(=Cc1cccc2c1OCO2)c1nc(-c2ccccc2)cs1. The predicted molar refractivity (Wildman–Crippen MR) is 93.6 cm³/mol. The highest BCUT2D eigenvalue weighted by molar-refractivity contribution is 7.11. The number of thiazole rings is 1. The van der Waals surface area contributed by atoms with E-state index in [0.717, 1.165) is 16.8 Å². The van der Waals surface area contributed by atoms with Crippen LogP contribution in [-0.2, 0) is 0 Å². The lowest BCUT2D eigenvalue weighted by atomic mass is 10.1. The number of ether oxygens (including phenoxy) is 2. The number of aromatic nitrogens is 1. The van der Waals surface area contributed by atoms with Crippen molar-refractivity contribution in [2.45, 2.75) is 0 Å². The molecule has 1 aliphatic heterocycles. The fraction of sp³-hybridized carbons (Fsp3) is 0.0526. The Kier molecular flexibility index (Phi) is 3.73. The van der Waals surface area contributed by atoms with Crippen LogP contribution in [0, 0.1) is 11.3 Å². The number of para-hydroxylation sites is 1. The van der Waals surface area contributed by atoms with E-state index in [-0.39, 0.29) is 6.79 Å². The summed E-state index contributed by atoms with van der Waals surface area (Å²) in [5.74, 6) is 1.37. The summed E-state index contributed by atoms with van der Waals surface area (Å²) in [4.78, 5) is 4.60. The molecule has 4 rings (SSSR count). The Morgan fingerprint density at radius 1 is 1.12 bits per heavy atom. The number of fused-ring (bicyclic) bond motifs is 1. The molecule has 4 nitrogen and oxygen atoms in total. The molecular formula is C19H12N2O2S. The lowest BCUT2D eigenvalue weighted by molar-refractivity contribution is 0.174. The number of nitrogens with zero attached hydrogens (tertiary/aromatic N) is 2. The monoisotopic (exact) mass is 332 g/mol. The van der Waals surface area contributed by atoms with Gasteiger partial charge in [0.05, 0.1) is 11.3 Å². The first-order valence-electron chi connectivity index (χ1n) is 7.37. The van der Waals surface area contributed by atoms with Gasteiger partial charge in [0.2, 0.25) is 6.79 Å². The van der Waals surface area contributed by atoms with Gasteiger partial charge in [-0.05, 0) is 12.1 Å². The van der Waals surface area contributed by atoms with Crippen LogP contribution in [-0.4, -0.2) is 11.8 Å². The van der Waals surface area contributed by atoms with Gasteiger partial charge in [0, 0.05) is 16.5 Å². The van der Waals surface area contributed by atoms with Crippen molar-refractivity contribution in [3.63, 3.8) is 0 Å². The van der Waals surface area contributed by atoms with Crippen molar-refractivity contribution >= 4 is 23.0 Å². The smallest absolute Gasteiger partial charge is 0.231 e. The highest BCUT2D eigenvalue weighted by atomic mass is 32.1. The van der Waals surface area contributed by atoms with E-state index in [4.69, 9.17) is 9.47 Å². The Balaban J connectivity index is 1.72. The minimum absolute atomic E-state index is 0.206. The predicted octanol–water partition coefficient (Wildman–Crippen LogP) is 4.60. The van der Waals surface area contributed by atoms with Gasteiger partial charge in [-0.3, -0.25) is 0 Å².